The van der Waals surface area contributed by atoms with Crippen LogP contribution in [0.25, 0.3) is 0 Å². The molecule has 1 heterocycles. The standard InChI is InChI=1S/C15H16BrNO/c1-11-9-14(10-12(2)15(11)16)18-8-5-13-3-6-17-7-4-13/h3-4,6-7,9-10H,5,8H2,1-2H3. The molecule has 0 bridgehead atoms. The van der Waals surface area contributed by atoms with E-state index in [2.05, 4.69) is 46.9 Å². The predicted octanol–water partition coefficient (Wildman–Crippen LogP) is 4.08. The molecule has 0 fully saturated rings. The van der Waals surface area contributed by atoms with Crippen LogP contribution < -0.4 is 4.74 Å². The van der Waals surface area contributed by atoms with E-state index in [9.17, 15) is 0 Å². The number of hydrogen-bond acceptors (Lipinski definition) is 2. The highest BCUT2D eigenvalue weighted by molar-refractivity contribution is 9.10. The third-order valence-electron chi connectivity index (χ3n) is 2.82. The van der Waals surface area contributed by atoms with Gasteiger partial charge in [-0.3, -0.25) is 4.98 Å². The van der Waals surface area contributed by atoms with Crippen LogP contribution in [0.5, 0.6) is 5.75 Å². The Morgan fingerprint density at radius 3 is 2.33 bits per heavy atom. The maximum atomic E-state index is 5.79. The van der Waals surface area contributed by atoms with Crippen LogP contribution in [-0.2, 0) is 6.42 Å². The zero-order valence-electron chi connectivity index (χ0n) is 10.6. The Hall–Kier alpha value is -1.35. The highest BCUT2D eigenvalue weighted by Crippen LogP contribution is 2.26. The molecule has 0 saturated carbocycles. The largest absolute Gasteiger partial charge is 0.493 e. The van der Waals surface area contributed by atoms with Gasteiger partial charge in [0.25, 0.3) is 0 Å². The summed E-state index contributed by atoms with van der Waals surface area (Å²) in [4.78, 5) is 4.00. The Bertz CT molecular complexity index is 502. The number of benzene rings is 1. The highest BCUT2D eigenvalue weighted by Gasteiger charge is 2.03. The quantitative estimate of drug-likeness (QED) is 0.849. The lowest BCUT2D eigenvalue weighted by Gasteiger charge is -2.10. The summed E-state index contributed by atoms with van der Waals surface area (Å²) in [5.74, 6) is 0.933. The van der Waals surface area contributed by atoms with Crippen LogP contribution in [0, 0.1) is 13.8 Å². The molecule has 0 saturated heterocycles. The Balaban J connectivity index is 1.95. The Morgan fingerprint density at radius 2 is 1.72 bits per heavy atom. The number of hydrogen-bond donors (Lipinski definition) is 0. The number of pyridine rings is 1. The van der Waals surface area contributed by atoms with Gasteiger partial charge in [-0.1, -0.05) is 15.9 Å². The summed E-state index contributed by atoms with van der Waals surface area (Å²) in [6, 6.07) is 8.15. The van der Waals surface area contributed by atoms with Crippen LogP contribution in [0.1, 0.15) is 16.7 Å². The van der Waals surface area contributed by atoms with Crippen LogP contribution in [0.4, 0.5) is 0 Å². The smallest absolute Gasteiger partial charge is 0.119 e. The topological polar surface area (TPSA) is 22.1 Å². The van der Waals surface area contributed by atoms with Crippen LogP contribution >= 0.6 is 15.9 Å². The molecule has 1 aromatic heterocycles. The van der Waals surface area contributed by atoms with Gasteiger partial charge in [0.2, 0.25) is 0 Å². The zero-order chi connectivity index (χ0) is 13.0. The van der Waals surface area contributed by atoms with E-state index in [0.717, 1.165) is 16.6 Å². The Morgan fingerprint density at radius 1 is 1.11 bits per heavy atom. The SMILES string of the molecule is Cc1cc(OCCc2ccncc2)cc(C)c1Br. The Kier molecular flexibility index (Phi) is 4.37. The molecule has 2 aromatic rings. The van der Waals surface area contributed by atoms with Crippen molar-refractivity contribution in [3.05, 3.63) is 57.8 Å². The van der Waals surface area contributed by atoms with Crippen molar-refractivity contribution in [3.63, 3.8) is 0 Å². The fourth-order valence-corrected chi connectivity index (χ4v) is 2.05. The fourth-order valence-electron chi connectivity index (χ4n) is 1.83. The molecule has 94 valence electrons. The van der Waals surface area contributed by atoms with Crippen LogP contribution in [0.3, 0.4) is 0 Å². The van der Waals surface area contributed by atoms with E-state index in [0.29, 0.717) is 6.61 Å². The van der Waals surface area contributed by atoms with Crippen LogP contribution in [0.15, 0.2) is 41.1 Å². The predicted molar refractivity (Wildman–Crippen MR) is 77.1 cm³/mol. The lowest BCUT2D eigenvalue weighted by molar-refractivity contribution is 0.321. The average Bonchev–Trinajstić information content (AvgIpc) is 2.37. The molecule has 0 amide bonds. The summed E-state index contributed by atoms with van der Waals surface area (Å²) in [6.45, 7) is 4.84. The third-order valence-corrected chi connectivity index (χ3v) is 4.07. The van der Waals surface area contributed by atoms with Gasteiger partial charge < -0.3 is 4.74 Å². The molecule has 0 N–H and O–H groups in total. The lowest BCUT2D eigenvalue weighted by Crippen LogP contribution is -2.02. The molecule has 0 atom stereocenters. The number of rotatable bonds is 4. The summed E-state index contributed by atoms with van der Waals surface area (Å²) in [5.41, 5.74) is 3.65. The van der Waals surface area contributed by atoms with E-state index in [4.69, 9.17) is 4.74 Å². The number of nitrogens with zero attached hydrogens (tertiary/aromatic N) is 1. The van der Waals surface area contributed by atoms with E-state index >= 15 is 0 Å². The highest BCUT2D eigenvalue weighted by atomic mass is 79.9. The van der Waals surface area contributed by atoms with Gasteiger partial charge in [-0.25, -0.2) is 0 Å². The number of aryl methyl sites for hydroxylation is 2. The minimum absolute atomic E-state index is 0.685. The molecule has 1 aromatic carbocycles. The van der Waals surface area contributed by atoms with Gasteiger partial charge in [-0.2, -0.15) is 0 Å². The third kappa shape index (κ3) is 3.33. The van der Waals surface area contributed by atoms with Crippen LogP contribution in [0.2, 0.25) is 0 Å². The molecular weight excluding hydrogens is 290 g/mol. The molecule has 0 aliphatic carbocycles. The molecule has 0 unspecified atom stereocenters. The van der Waals surface area contributed by atoms with Crippen molar-refractivity contribution < 1.29 is 4.74 Å². The van der Waals surface area contributed by atoms with E-state index in [-0.39, 0.29) is 0 Å². The van der Waals surface area contributed by atoms with Crippen molar-refractivity contribution in [3.8, 4) is 5.75 Å². The van der Waals surface area contributed by atoms with E-state index in [1.807, 2.05) is 24.5 Å². The molecule has 0 aliphatic heterocycles. The van der Waals surface area contributed by atoms with Gasteiger partial charge in [0.1, 0.15) is 5.75 Å². The first-order valence-electron chi connectivity index (χ1n) is 5.95. The van der Waals surface area contributed by atoms with Gasteiger partial charge in [-0.15, -0.1) is 0 Å². The summed E-state index contributed by atoms with van der Waals surface area (Å²) < 4.78 is 6.94. The Labute approximate surface area is 116 Å². The first-order chi connectivity index (χ1) is 8.66. The normalized spacial score (nSPS) is 10.4. The number of halogens is 1. The van der Waals surface area contributed by atoms with Gasteiger partial charge >= 0.3 is 0 Å². The van der Waals surface area contributed by atoms with Crippen LogP contribution in [-0.4, -0.2) is 11.6 Å². The maximum absolute atomic E-state index is 5.79. The second-order valence-electron chi connectivity index (χ2n) is 4.32. The van der Waals surface area contributed by atoms with Gasteiger partial charge in [0, 0.05) is 23.3 Å². The zero-order valence-corrected chi connectivity index (χ0v) is 12.2. The monoisotopic (exact) mass is 305 g/mol. The molecule has 0 aliphatic rings. The van der Waals surface area contributed by atoms with E-state index in [1.165, 1.54) is 16.7 Å². The van der Waals surface area contributed by atoms with E-state index < -0.39 is 0 Å². The van der Waals surface area contributed by atoms with Gasteiger partial charge in [0.05, 0.1) is 6.61 Å². The van der Waals surface area contributed by atoms with Crippen molar-refractivity contribution in [2.24, 2.45) is 0 Å². The van der Waals surface area contributed by atoms with Crippen molar-refractivity contribution >= 4 is 15.9 Å². The second kappa shape index (κ2) is 6.01. The van der Waals surface area contributed by atoms with E-state index in [1.54, 1.807) is 0 Å². The number of ether oxygens (including phenoxy) is 1. The molecule has 0 spiro atoms. The molecule has 3 heteroatoms. The summed E-state index contributed by atoms with van der Waals surface area (Å²) in [7, 11) is 0. The molecule has 18 heavy (non-hydrogen) atoms. The summed E-state index contributed by atoms with van der Waals surface area (Å²) in [5, 5.41) is 0. The first-order valence-corrected chi connectivity index (χ1v) is 6.74. The molecule has 2 nitrogen and oxygen atoms in total. The van der Waals surface area contributed by atoms with Crippen molar-refractivity contribution in [2.75, 3.05) is 6.61 Å². The molecule has 2 rings (SSSR count). The van der Waals surface area contributed by atoms with Gasteiger partial charge in [0.15, 0.2) is 0 Å². The average molecular weight is 306 g/mol. The minimum Gasteiger partial charge on any atom is -0.493 e. The molecular formula is C15H16BrNO. The second-order valence-corrected chi connectivity index (χ2v) is 5.12. The van der Waals surface area contributed by atoms with Crippen molar-refractivity contribution in [1.82, 2.24) is 4.98 Å². The summed E-state index contributed by atoms with van der Waals surface area (Å²) in [6.07, 6.45) is 4.52. The maximum Gasteiger partial charge on any atom is 0.119 e. The lowest BCUT2D eigenvalue weighted by atomic mass is 10.1. The van der Waals surface area contributed by atoms with Crippen molar-refractivity contribution in [1.29, 1.82) is 0 Å². The first kappa shape index (κ1) is 13.1. The number of aromatic nitrogens is 1. The summed E-state index contributed by atoms with van der Waals surface area (Å²) >= 11 is 3.56. The fraction of sp³-hybridized carbons (Fsp3) is 0.267. The van der Waals surface area contributed by atoms with Crippen molar-refractivity contribution in [2.45, 2.75) is 20.3 Å². The minimum atomic E-state index is 0.685. The molecule has 0 radical (unpaired) electrons. The van der Waals surface area contributed by atoms with Gasteiger partial charge in [-0.05, 0) is 54.8 Å².